The number of ether oxygens (including phenoxy) is 1. The average molecular weight is 461 g/mol. The lowest BCUT2D eigenvalue weighted by molar-refractivity contribution is -0.0688. The summed E-state index contributed by atoms with van der Waals surface area (Å²) in [5.74, 6) is 2.52. The maximum Gasteiger partial charge on any atom is 0.251 e. The maximum atomic E-state index is 13.2. The molecule has 1 aromatic rings. The number of nitrogens with one attached hydrogen (secondary N) is 2. The van der Waals surface area contributed by atoms with Gasteiger partial charge in [0.2, 0.25) is 10.0 Å². The van der Waals surface area contributed by atoms with Crippen LogP contribution in [-0.2, 0) is 10.0 Å². The predicted molar refractivity (Wildman–Crippen MR) is 123 cm³/mol. The van der Waals surface area contributed by atoms with Crippen LogP contribution in [0, 0.1) is 23.2 Å². The van der Waals surface area contributed by atoms with E-state index >= 15 is 0 Å². The molecule has 6 rings (SSSR count). The van der Waals surface area contributed by atoms with Crippen LogP contribution in [-0.4, -0.2) is 33.5 Å². The van der Waals surface area contributed by atoms with E-state index in [2.05, 4.69) is 17.0 Å². The Morgan fingerprint density at radius 3 is 2.22 bits per heavy atom. The fraction of sp³-hybridized carbons (Fsp3) is 0.720. The van der Waals surface area contributed by atoms with Crippen molar-refractivity contribution in [3.05, 3.63) is 23.8 Å². The number of amides is 1. The summed E-state index contributed by atoms with van der Waals surface area (Å²) in [4.78, 5) is 13.2. The van der Waals surface area contributed by atoms with Gasteiger partial charge in [0.05, 0.1) is 7.11 Å². The Balaban J connectivity index is 1.34. The van der Waals surface area contributed by atoms with Crippen molar-refractivity contribution in [2.75, 3.05) is 7.11 Å². The first kappa shape index (κ1) is 22.2. The molecule has 7 heteroatoms. The van der Waals surface area contributed by atoms with Gasteiger partial charge in [-0.1, -0.05) is 12.8 Å². The summed E-state index contributed by atoms with van der Waals surface area (Å²) in [5.41, 5.74) is 0.574. The van der Waals surface area contributed by atoms with Gasteiger partial charge >= 0.3 is 0 Å². The van der Waals surface area contributed by atoms with Crippen molar-refractivity contribution in [1.82, 2.24) is 10.0 Å². The topological polar surface area (TPSA) is 84.5 Å². The molecule has 1 aromatic carbocycles. The highest BCUT2D eigenvalue weighted by Gasteiger charge is 2.53. The lowest BCUT2D eigenvalue weighted by atomic mass is 9.48. The molecule has 0 saturated heterocycles. The molecule has 1 atom stereocenters. The Hall–Kier alpha value is -1.60. The average Bonchev–Trinajstić information content (AvgIpc) is 3.24. The molecule has 2 N–H and O–H groups in total. The molecule has 5 saturated carbocycles. The molecule has 0 aliphatic heterocycles. The third-order valence-electron chi connectivity index (χ3n) is 8.74. The summed E-state index contributed by atoms with van der Waals surface area (Å²) < 4.78 is 34.3. The fourth-order valence-electron chi connectivity index (χ4n) is 7.50. The van der Waals surface area contributed by atoms with Gasteiger partial charge in [0, 0.05) is 17.6 Å². The molecular formula is C25H36N2O4S. The van der Waals surface area contributed by atoms with E-state index in [0.717, 1.165) is 43.4 Å². The van der Waals surface area contributed by atoms with Crippen molar-refractivity contribution in [2.45, 2.75) is 88.1 Å². The highest BCUT2D eigenvalue weighted by molar-refractivity contribution is 7.89. The second-order valence-electron chi connectivity index (χ2n) is 10.9. The van der Waals surface area contributed by atoms with E-state index in [1.807, 2.05) is 0 Å². The number of benzene rings is 1. The standard InChI is InChI=1S/C25H36N2O4S/c1-16(25-13-17-9-18(14-25)11-19(10-17)15-25)26-24(28)20-7-8-22(31-2)23(12-20)32(29,30)27-21-5-3-4-6-21/h7-8,12,16-19,21,27H,3-6,9-11,13-15H2,1-2H3,(H,26,28)/t16-,17?,18?,19?,25?/m1/s1. The quantitative estimate of drug-likeness (QED) is 0.637. The molecule has 6 nitrogen and oxygen atoms in total. The molecule has 5 fully saturated rings. The van der Waals surface area contributed by atoms with Crippen molar-refractivity contribution in [2.24, 2.45) is 23.2 Å². The van der Waals surface area contributed by atoms with Gasteiger partial charge in [-0.05, 0) is 99.7 Å². The molecule has 32 heavy (non-hydrogen) atoms. The number of rotatable bonds is 7. The second-order valence-corrected chi connectivity index (χ2v) is 12.6. The van der Waals surface area contributed by atoms with Gasteiger partial charge in [-0.3, -0.25) is 4.79 Å². The van der Waals surface area contributed by atoms with E-state index in [4.69, 9.17) is 4.74 Å². The van der Waals surface area contributed by atoms with Crippen LogP contribution in [0.3, 0.4) is 0 Å². The molecule has 0 aromatic heterocycles. The minimum atomic E-state index is -3.76. The van der Waals surface area contributed by atoms with Gasteiger partial charge in [-0.15, -0.1) is 0 Å². The summed E-state index contributed by atoms with van der Waals surface area (Å²) in [6.45, 7) is 2.15. The van der Waals surface area contributed by atoms with E-state index in [-0.39, 0.29) is 34.1 Å². The first-order chi connectivity index (χ1) is 15.3. The zero-order valence-corrected chi connectivity index (χ0v) is 20.0. The van der Waals surface area contributed by atoms with Crippen LogP contribution in [0.15, 0.2) is 23.1 Å². The van der Waals surface area contributed by atoms with Crippen LogP contribution < -0.4 is 14.8 Å². The Morgan fingerprint density at radius 1 is 1.06 bits per heavy atom. The SMILES string of the molecule is COc1ccc(C(=O)N[C@H](C)C23CC4CC(CC(C4)C2)C3)cc1S(=O)(=O)NC1CCCC1. The van der Waals surface area contributed by atoms with Gasteiger partial charge in [-0.2, -0.15) is 0 Å². The van der Waals surface area contributed by atoms with E-state index in [1.165, 1.54) is 51.7 Å². The Labute approximate surface area is 191 Å². The monoisotopic (exact) mass is 460 g/mol. The lowest BCUT2D eigenvalue weighted by Crippen LogP contribution is -2.55. The molecule has 176 valence electrons. The molecule has 1 amide bonds. The molecular weight excluding hydrogens is 424 g/mol. The summed E-state index contributed by atoms with van der Waals surface area (Å²) in [6.07, 6.45) is 11.5. The second kappa shape index (κ2) is 8.32. The predicted octanol–water partition coefficient (Wildman–Crippen LogP) is 4.25. The van der Waals surface area contributed by atoms with Gasteiger partial charge in [-0.25, -0.2) is 13.1 Å². The number of hydrogen-bond acceptors (Lipinski definition) is 4. The van der Waals surface area contributed by atoms with Crippen molar-refractivity contribution in [1.29, 1.82) is 0 Å². The van der Waals surface area contributed by atoms with Crippen LogP contribution in [0.2, 0.25) is 0 Å². The fourth-order valence-corrected chi connectivity index (χ4v) is 9.00. The summed E-state index contributed by atoms with van der Waals surface area (Å²) >= 11 is 0. The molecule has 4 bridgehead atoms. The van der Waals surface area contributed by atoms with E-state index in [1.54, 1.807) is 12.1 Å². The zero-order valence-electron chi connectivity index (χ0n) is 19.2. The van der Waals surface area contributed by atoms with Crippen LogP contribution in [0.1, 0.15) is 81.5 Å². The lowest BCUT2D eigenvalue weighted by Gasteiger charge is -2.59. The Bertz CT molecular complexity index is 948. The number of methoxy groups -OCH3 is 1. The molecule has 0 unspecified atom stereocenters. The van der Waals surface area contributed by atoms with E-state index in [9.17, 15) is 13.2 Å². The number of carbonyl (C=O) groups excluding carboxylic acids is 1. The van der Waals surface area contributed by atoms with Gasteiger partial charge in [0.15, 0.2) is 0 Å². The Morgan fingerprint density at radius 2 is 1.66 bits per heavy atom. The minimum Gasteiger partial charge on any atom is -0.495 e. The van der Waals surface area contributed by atoms with Gasteiger partial charge in [0.25, 0.3) is 5.91 Å². The highest BCUT2D eigenvalue weighted by Crippen LogP contribution is 2.61. The zero-order chi connectivity index (χ0) is 22.5. The summed E-state index contributed by atoms with van der Waals surface area (Å²) in [6, 6.07) is 4.76. The van der Waals surface area contributed by atoms with Crippen LogP contribution in [0.4, 0.5) is 0 Å². The van der Waals surface area contributed by atoms with Crippen LogP contribution in [0.25, 0.3) is 0 Å². The largest absolute Gasteiger partial charge is 0.495 e. The van der Waals surface area contributed by atoms with Crippen molar-refractivity contribution in [3.63, 3.8) is 0 Å². The summed E-state index contributed by atoms with van der Waals surface area (Å²) in [7, 11) is -2.31. The maximum absolute atomic E-state index is 13.2. The van der Waals surface area contributed by atoms with Crippen LogP contribution >= 0.6 is 0 Å². The first-order valence-electron chi connectivity index (χ1n) is 12.3. The first-order valence-corrected chi connectivity index (χ1v) is 13.8. The van der Waals surface area contributed by atoms with E-state index in [0.29, 0.717) is 5.56 Å². The molecule has 5 aliphatic rings. The molecule has 0 radical (unpaired) electrons. The third kappa shape index (κ3) is 4.07. The highest BCUT2D eigenvalue weighted by atomic mass is 32.2. The smallest absolute Gasteiger partial charge is 0.251 e. The van der Waals surface area contributed by atoms with Gasteiger partial charge < -0.3 is 10.1 Å². The number of sulfonamides is 1. The third-order valence-corrected chi connectivity index (χ3v) is 10.3. The Kier molecular flexibility index (Phi) is 5.77. The molecule has 0 spiro atoms. The van der Waals surface area contributed by atoms with Crippen LogP contribution in [0.5, 0.6) is 5.75 Å². The normalized spacial score (nSPS) is 32.8. The van der Waals surface area contributed by atoms with E-state index < -0.39 is 10.0 Å². The van der Waals surface area contributed by atoms with Gasteiger partial charge in [0.1, 0.15) is 10.6 Å². The van der Waals surface area contributed by atoms with Crippen molar-refractivity contribution < 1.29 is 17.9 Å². The minimum absolute atomic E-state index is 0.0432. The molecule has 0 heterocycles. The number of hydrogen-bond donors (Lipinski definition) is 2. The van der Waals surface area contributed by atoms with Crippen molar-refractivity contribution >= 4 is 15.9 Å². The number of carbonyl (C=O) groups is 1. The molecule has 5 aliphatic carbocycles. The summed E-state index contributed by atoms with van der Waals surface area (Å²) in [5, 5.41) is 3.25. The van der Waals surface area contributed by atoms with Crippen molar-refractivity contribution in [3.8, 4) is 5.75 Å².